The van der Waals surface area contributed by atoms with E-state index in [1.165, 1.54) is 31.2 Å². The van der Waals surface area contributed by atoms with Crippen molar-refractivity contribution in [3.63, 3.8) is 0 Å². The fourth-order valence-electron chi connectivity index (χ4n) is 3.91. The molecule has 1 saturated carbocycles. The molecule has 1 aliphatic rings. The summed E-state index contributed by atoms with van der Waals surface area (Å²) in [6.45, 7) is 8.97. The molecule has 0 aromatic heterocycles. The second kappa shape index (κ2) is 10.2. The molecule has 9 nitrogen and oxygen atoms in total. The average Bonchev–Trinajstić information content (AvgIpc) is 2.69. The number of benzene rings is 1. The van der Waals surface area contributed by atoms with E-state index in [-0.39, 0.29) is 30.7 Å². The highest BCUT2D eigenvalue weighted by molar-refractivity contribution is 6.02. The number of hydrogen-bond acceptors (Lipinski definition) is 8. The first kappa shape index (κ1) is 25.5. The lowest BCUT2D eigenvalue weighted by Crippen LogP contribution is -2.55. The van der Waals surface area contributed by atoms with E-state index >= 15 is 0 Å². The number of ether oxygens (including phenoxy) is 2. The molecular formula is C23H31NO8. The molecule has 176 valence electrons. The zero-order valence-electron chi connectivity index (χ0n) is 19.1. The summed E-state index contributed by atoms with van der Waals surface area (Å²) in [7, 11) is 0. The van der Waals surface area contributed by atoms with Crippen molar-refractivity contribution in [3.8, 4) is 0 Å². The van der Waals surface area contributed by atoms with Crippen LogP contribution in [0, 0.1) is 33.8 Å². The van der Waals surface area contributed by atoms with Gasteiger partial charge in [-0.2, -0.15) is 0 Å². The highest BCUT2D eigenvalue weighted by atomic mass is 16.6. The van der Waals surface area contributed by atoms with Crippen LogP contribution in [-0.2, 0) is 23.9 Å². The summed E-state index contributed by atoms with van der Waals surface area (Å²) in [4.78, 5) is 49.4. The Labute approximate surface area is 187 Å². The molecule has 32 heavy (non-hydrogen) atoms. The van der Waals surface area contributed by atoms with E-state index in [0.29, 0.717) is 5.56 Å². The molecule has 0 bridgehead atoms. The molecule has 0 radical (unpaired) electrons. The molecule has 1 N–H and O–H groups in total. The smallest absolute Gasteiger partial charge is 0.317 e. The van der Waals surface area contributed by atoms with Crippen molar-refractivity contribution >= 4 is 23.4 Å². The van der Waals surface area contributed by atoms with Crippen LogP contribution in [0.3, 0.4) is 0 Å². The van der Waals surface area contributed by atoms with Crippen molar-refractivity contribution in [2.75, 3.05) is 13.2 Å². The maximum atomic E-state index is 13.1. The first-order valence-electron chi connectivity index (χ1n) is 10.7. The van der Waals surface area contributed by atoms with Gasteiger partial charge in [-0.15, -0.1) is 0 Å². The molecular weight excluding hydrogens is 418 g/mol. The van der Waals surface area contributed by atoms with Crippen molar-refractivity contribution in [1.29, 1.82) is 0 Å². The second-order valence-electron chi connectivity index (χ2n) is 9.38. The van der Waals surface area contributed by atoms with Gasteiger partial charge in [-0.1, -0.05) is 39.8 Å². The van der Waals surface area contributed by atoms with E-state index in [4.69, 9.17) is 9.47 Å². The molecule has 1 aromatic rings. The number of non-ortho nitro benzene ring substituents is 1. The highest BCUT2D eigenvalue weighted by Crippen LogP contribution is 2.47. The van der Waals surface area contributed by atoms with Crippen LogP contribution < -0.4 is 0 Å². The predicted molar refractivity (Wildman–Crippen MR) is 115 cm³/mol. The number of ketones is 1. The molecule has 0 amide bonds. The molecule has 1 fully saturated rings. The topological polar surface area (TPSA) is 133 Å². The number of nitro benzene ring substituents is 1. The predicted octanol–water partition coefficient (Wildman–Crippen LogP) is 3.03. The number of nitro groups is 1. The van der Waals surface area contributed by atoms with Gasteiger partial charge in [0.25, 0.3) is 5.69 Å². The van der Waals surface area contributed by atoms with E-state index in [9.17, 15) is 29.6 Å². The Kier molecular flexibility index (Phi) is 8.12. The Bertz CT molecular complexity index is 859. The Hall–Kier alpha value is -2.81. The SMILES string of the molecule is CC(C)COC(=O)[C@@H]1C(=O)C[C@](C)(O)[C@H](C(=O)OCC(C)C)[C@@H]1c1ccc([N+](=O)[O-])cc1. The third-order valence-corrected chi connectivity index (χ3v) is 5.38. The largest absolute Gasteiger partial charge is 0.465 e. The van der Waals surface area contributed by atoms with Crippen LogP contribution in [0.15, 0.2) is 24.3 Å². The van der Waals surface area contributed by atoms with E-state index in [1.54, 1.807) is 0 Å². The number of carbonyl (C=O) groups excluding carboxylic acids is 3. The summed E-state index contributed by atoms with van der Waals surface area (Å²) in [6.07, 6.45) is -0.417. The lowest BCUT2D eigenvalue weighted by Gasteiger charge is -2.43. The third kappa shape index (κ3) is 5.91. The first-order chi connectivity index (χ1) is 14.8. The quantitative estimate of drug-likeness (QED) is 0.277. The zero-order valence-corrected chi connectivity index (χ0v) is 19.1. The third-order valence-electron chi connectivity index (χ3n) is 5.38. The molecule has 0 unspecified atom stereocenters. The number of hydrogen-bond donors (Lipinski definition) is 1. The summed E-state index contributed by atoms with van der Waals surface area (Å²) >= 11 is 0. The Morgan fingerprint density at radius 2 is 1.59 bits per heavy atom. The standard InChI is InChI=1S/C23H31NO8/c1-13(2)11-31-21(26)19-17(25)10-23(5,28)20(22(27)32-12-14(3)4)18(19)15-6-8-16(9-7-15)24(29)30/h6-9,13-14,18-20,28H,10-12H2,1-5H3/t18-,19-,20+,23+/m1/s1. The summed E-state index contributed by atoms with van der Waals surface area (Å²) in [5.41, 5.74) is -1.62. The number of nitrogens with zero attached hydrogens (tertiary/aromatic N) is 1. The number of esters is 2. The summed E-state index contributed by atoms with van der Waals surface area (Å²) in [5, 5.41) is 22.1. The maximum absolute atomic E-state index is 13.1. The second-order valence-corrected chi connectivity index (χ2v) is 9.38. The molecule has 0 aliphatic heterocycles. The van der Waals surface area contributed by atoms with Gasteiger partial charge in [0.1, 0.15) is 5.92 Å². The van der Waals surface area contributed by atoms with Gasteiger partial charge in [0.2, 0.25) is 0 Å². The summed E-state index contributed by atoms with van der Waals surface area (Å²) in [6, 6.07) is 5.25. The number of carbonyl (C=O) groups is 3. The van der Waals surface area contributed by atoms with Gasteiger partial charge >= 0.3 is 11.9 Å². The van der Waals surface area contributed by atoms with Gasteiger partial charge < -0.3 is 14.6 Å². The molecule has 0 saturated heterocycles. The minimum Gasteiger partial charge on any atom is -0.465 e. The molecule has 1 aromatic carbocycles. The van der Waals surface area contributed by atoms with Crippen molar-refractivity contribution in [1.82, 2.24) is 0 Å². The van der Waals surface area contributed by atoms with Gasteiger partial charge in [0.15, 0.2) is 5.78 Å². The fraction of sp³-hybridized carbons (Fsp3) is 0.609. The van der Waals surface area contributed by atoms with Gasteiger partial charge in [0.05, 0.1) is 29.7 Å². The monoisotopic (exact) mass is 449 g/mol. The van der Waals surface area contributed by atoms with Crippen molar-refractivity contribution in [2.45, 2.75) is 52.6 Å². The van der Waals surface area contributed by atoms with Gasteiger partial charge in [0, 0.05) is 24.5 Å². The van der Waals surface area contributed by atoms with Gasteiger partial charge in [-0.3, -0.25) is 24.5 Å². The summed E-state index contributed by atoms with van der Waals surface area (Å²) in [5.74, 6) is -5.68. The molecule has 9 heteroatoms. The van der Waals surface area contributed by atoms with Crippen molar-refractivity contribution in [2.24, 2.45) is 23.7 Å². The highest BCUT2D eigenvalue weighted by Gasteiger charge is 2.57. The molecule has 1 aliphatic carbocycles. The molecule has 0 heterocycles. The average molecular weight is 450 g/mol. The maximum Gasteiger partial charge on any atom is 0.317 e. The van der Waals surface area contributed by atoms with Crippen molar-refractivity contribution in [3.05, 3.63) is 39.9 Å². The van der Waals surface area contributed by atoms with Crippen LogP contribution in [0.1, 0.15) is 52.5 Å². The van der Waals surface area contributed by atoms with Crippen LogP contribution >= 0.6 is 0 Å². The molecule has 2 rings (SSSR count). The van der Waals surface area contributed by atoms with E-state index in [2.05, 4.69) is 0 Å². The van der Waals surface area contributed by atoms with E-state index in [0.717, 1.165) is 0 Å². The lowest BCUT2D eigenvalue weighted by molar-refractivity contribution is -0.384. The fourth-order valence-corrected chi connectivity index (χ4v) is 3.91. The zero-order chi connectivity index (χ0) is 24.2. The van der Waals surface area contributed by atoms with Crippen LogP contribution in [0.5, 0.6) is 0 Å². The van der Waals surface area contributed by atoms with E-state index < -0.39 is 52.4 Å². The van der Waals surface area contributed by atoms with Crippen LogP contribution in [0.2, 0.25) is 0 Å². The van der Waals surface area contributed by atoms with Gasteiger partial charge in [-0.05, 0) is 24.3 Å². The van der Waals surface area contributed by atoms with Crippen LogP contribution in [0.25, 0.3) is 0 Å². The van der Waals surface area contributed by atoms with Crippen molar-refractivity contribution < 1.29 is 33.9 Å². The minimum atomic E-state index is -1.77. The number of aliphatic hydroxyl groups is 1. The minimum absolute atomic E-state index is 0.0328. The lowest BCUT2D eigenvalue weighted by atomic mass is 9.61. The van der Waals surface area contributed by atoms with E-state index in [1.807, 2.05) is 27.7 Å². The number of rotatable bonds is 8. The number of Topliss-reactive ketones (excluding diaryl/α,β-unsaturated/α-hetero) is 1. The Morgan fingerprint density at radius 1 is 1.09 bits per heavy atom. The van der Waals surface area contributed by atoms with Gasteiger partial charge in [-0.25, -0.2) is 0 Å². The normalized spacial score (nSPS) is 25.6. The molecule has 0 spiro atoms. The first-order valence-corrected chi connectivity index (χ1v) is 10.7. The Morgan fingerprint density at radius 3 is 2.06 bits per heavy atom. The molecule has 4 atom stereocenters. The Balaban J connectivity index is 2.55. The van der Waals surface area contributed by atoms with Crippen LogP contribution in [0.4, 0.5) is 5.69 Å². The summed E-state index contributed by atoms with van der Waals surface area (Å²) < 4.78 is 10.7. The van der Waals surface area contributed by atoms with Crippen LogP contribution in [-0.4, -0.2) is 46.6 Å².